The van der Waals surface area contributed by atoms with Gasteiger partial charge in [0.05, 0.1) is 6.67 Å². The van der Waals surface area contributed by atoms with Gasteiger partial charge in [0.15, 0.2) is 0 Å². The Morgan fingerprint density at radius 1 is 1.06 bits per heavy atom. The lowest BCUT2D eigenvalue weighted by Gasteiger charge is -2.43. The van der Waals surface area contributed by atoms with Crippen molar-refractivity contribution in [2.24, 2.45) is 0 Å². The summed E-state index contributed by atoms with van der Waals surface area (Å²) < 4.78 is 12.9. The van der Waals surface area contributed by atoms with Gasteiger partial charge in [0.1, 0.15) is 11.4 Å². The number of benzene rings is 2. The molecule has 0 aromatic heterocycles. The number of halogens is 1. The summed E-state index contributed by atoms with van der Waals surface area (Å²) in [6.45, 7) is 3.55. The fourth-order valence-electron chi connectivity index (χ4n) is 4.53. The number of carbonyl (C=O) groups excluding carboxylic acids is 2. The van der Waals surface area contributed by atoms with Crippen molar-refractivity contribution in [3.63, 3.8) is 0 Å². The standard InChI is InChI=1S/C24H29FN4O2/c25-20-9-6-19(7-10-20)8-11-22(30)26-14-17-28-15-12-24(13-16-28)23(31)27-18-29(24)21-4-2-1-3-5-21/h1-7,9-10H,8,11-18H2,(H,26,30)(H,27,31). The van der Waals surface area contributed by atoms with Crippen molar-refractivity contribution < 1.29 is 14.0 Å². The van der Waals surface area contributed by atoms with Crippen LogP contribution in [0.15, 0.2) is 54.6 Å². The van der Waals surface area contributed by atoms with Crippen molar-refractivity contribution in [2.45, 2.75) is 31.2 Å². The highest BCUT2D eigenvalue weighted by atomic mass is 19.1. The summed E-state index contributed by atoms with van der Waals surface area (Å²) in [6.07, 6.45) is 2.53. The fourth-order valence-corrected chi connectivity index (χ4v) is 4.53. The smallest absolute Gasteiger partial charge is 0.247 e. The average molecular weight is 425 g/mol. The number of nitrogens with zero attached hydrogens (tertiary/aromatic N) is 2. The summed E-state index contributed by atoms with van der Waals surface area (Å²) in [4.78, 5) is 29.3. The molecular formula is C24H29FN4O2. The third-order valence-corrected chi connectivity index (χ3v) is 6.39. The van der Waals surface area contributed by atoms with Crippen LogP contribution < -0.4 is 15.5 Å². The summed E-state index contributed by atoms with van der Waals surface area (Å²) in [5.41, 5.74) is 1.55. The summed E-state index contributed by atoms with van der Waals surface area (Å²) in [6, 6.07) is 16.3. The van der Waals surface area contributed by atoms with Gasteiger partial charge in [0.2, 0.25) is 11.8 Å². The quantitative estimate of drug-likeness (QED) is 0.716. The zero-order valence-corrected chi connectivity index (χ0v) is 17.6. The van der Waals surface area contributed by atoms with Crippen LogP contribution in [0.1, 0.15) is 24.8 Å². The van der Waals surface area contributed by atoms with Gasteiger partial charge in [0, 0.05) is 38.3 Å². The molecule has 2 saturated heterocycles. The van der Waals surface area contributed by atoms with Gasteiger partial charge < -0.3 is 20.4 Å². The molecule has 0 radical (unpaired) electrons. The predicted octanol–water partition coefficient (Wildman–Crippen LogP) is 2.30. The largest absolute Gasteiger partial charge is 0.355 e. The number of hydrogen-bond acceptors (Lipinski definition) is 4. The van der Waals surface area contributed by atoms with Gasteiger partial charge in [-0.1, -0.05) is 30.3 Å². The number of nitrogens with one attached hydrogen (secondary N) is 2. The number of piperidine rings is 1. The molecule has 0 aliphatic carbocycles. The predicted molar refractivity (Wildman–Crippen MR) is 118 cm³/mol. The zero-order valence-electron chi connectivity index (χ0n) is 17.6. The molecule has 2 aliphatic heterocycles. The third-order valence-electron chi connectivity index (χ3n) is 6.39. The van der Waals surface area contributed by atoms with E-state index >= 15 is 0 Å². The third kappa shape index (κ3) is 4.88. The van der Waals surface area contributed by atoms with Crippen LogP contribution in [0.4, 0.5) is 10.1 Å². The average Bonchev–Trinajstić information content (AvgIpc) is 3.11. The van der Waals surface area contributed by atoms with E-state index in [-0.39, 0.29) is 17.6 Å². The first-order chi connectivity index (χ1) is 15.1. The maximum Gasteiger partial charge on any atom is 0.247 e. The summed E-state index contributed by atoms with van der Waals surface area (Å²) in [5.74, 6) is -0.146. The molecule has 0 saturated carbocycles. The first kappa shape index (κ1) is 21.3. The second kappa shape index (κ2) is 9.47. The Balaban J connectivity index is 1.21. The SMILES string of the molecule is O=C(CCc1ccc(F)cc1)NCCN1CCC2(CC1)C(=O)NCN2c1ccccc1. The van der Waals surface area contributed by atoms with E-state index in [4.69, 9.17) is 0 Å². The van der Waals surface area contributed by atoms with Crippen molar-refractivity contribution in [1.29, 1.82) is 0 Å². The number of rotatable bonds is 7. The Bertz CT molecular complexity index is 896. The molecule has 7 heteroatoms. The topological polar surface area (TPSA) is 64.7 Å². The van der Waals surface area contributed by atoms with E-state index < -0.39 is 5.54 Å². The number of carbonyl (C=O) groups is 2. The van der Waals surface area contributed by atoms with Gasteiger partial charge in [-0.25, -0.2) is 4.39 Å². The maximum atomic E-state index is 12.9. The van der Waals surface area contributed by atoms with Gasteiger partial charge in [0.25, 0.3) is 0 Å². The lowest BCUT2D eigenvalue weighted by Crippen LogP contribution is -2.57. The van der Waals surface area contributed by atoms with Gasteiger partial charge in [-0.05, 0) is 49.1 Å². The number of amides is 2. The minimum Gasteiger partial charge on any atom is -0.355 e. The molecule has 1 spiro atoms. The normalized spacial score (nSPS) is 18.2. The van der Waals surface area contributed by atoms with Crippen molar-refractivity contribution in [3.05, 3.63) is 66.0 Å². The van der Waals surface area contributed by atoms with E-state index in [1.165, 1.54) is 12.1 Å². The Hall–Kier alpha value is -2.93. The molecule has 31 heavy (non-hydrogen) atoms. The van der Waals surface area contributed by atoms with Gasteiger partial charge in [-0.2, -0.15) is 0 Å². The molecule has 2 aliphatic rings. The second-order valence-corrected chi connectivity index (χ2v) is 8.28. The molecule has 6 nitrogen and oxygen atoms in total. The lowest BCUT2D eigenvalue weighted by atomic mass is 9.85. The molecule has 4 rings (SSSR count). The molecule has 2 N–H and O–H groups in total. The minimum atomic E-state index is -0.476. The van der Waals surface area contributed by atoms with Gasteiger partial charge in [-0.3, -0.25) is 9.59 Å². The number of hydrogen-bond donors (Lipinski definition) is 2. The molecule has 0 atom stereocenters. The monoisotopic (exact) mass is 424 g/mol. The lowest BCUT2D eigenvalue weighted by molar-refractivity contribution is -0.125. The molecule has 2 aromatic carbocycles. The number of para-hydroxylation sites is 1. The second-order valence-electron chi connectivity index (χ2n) is 8.28. The maximum absolute atomic E-state index is 12.9. The van der Waals surface area contributed by atoms with E-state index in [0.717, 1.165) is 43.7 Å². The molecule has 0 unspecified atom stereocenters. The minimum absolute atomic E-state index is 0.00299. The summed E-state index contributed by atoms with van der Waals surface area (Å²) in [5, 5.41) is 5.99. The van der Waals surface area contributed by atoms with Crippen molar-refractivity contribution in [3.8, 4) is 0 Å². The molecule has 164 valence electrons. The van der Waals surface area contributed by atoms with Crippen LogP contribution in [-0.2, 0) is 16.0 Å². The van der Waals surface area contributed by atoms with Crippen LogP contribution in [0.2, 0.25) is 0 Å². The van der Waals surface area contributed by atoms with Crippen LogP contribution >= 0.6 is 0 Å². The van der Waals surface area contributed by atoms with E-state index in [1.54, 1.807) is 12.1 Å². The van der Waals surface area contributed by atoms with E-state index in [1.807, 2.05) is 18.2 Å². The highest BCUT2D eigenvalue weighted by molar-refractivity contribution is 5.93. The molecule has 2 amide bonds. The molecule has 2 aromatic rings. The fraction of sp³-hybridized carbons (Fsp3) is 0.417. The van der Waals surface area contributed by atoms with Crippen LogP contribution in [0.25, 0.3) is 0 Å². The van der Waals surface area contributed by atoms with E-state index in [0.29, 0.717) is 26.1 Å². The Morgan fingerprint density at radius 2 is 1.77 bits per heavy atom. The van der Waals surface area contributed by atoms with Crippen molar-refractivity contribution in [1.82, 2.24) is 15.5 Å². The zero-order chi connectivity index (χ0) is 21.7. The summed E-state index contributed by atoms with van der Waals surface area (Å²) in [7, 11) is 0. The van der Waals surface area contributed by atoms with Crippen LogP contribution in [-0.4, -0.2) is 55.1 Å². The number of anilines is 1. The Kier molecular flexibility index (Phi) is 6.51. The number of likely N-dealkylation sites (tertiary alicyclic amines) is 1. The van der Waals surface area contributed by atoms with Crippen LogP contribution in [0.5, 0.6) is 0 Å². The van der Waals surface area contributed by atoms with E-state index in [2.05, 4.69) is 32.6 Å². The molecule has 2 fully saturated rings. The molecule has 0 bridgehead atoms. The molecular weight excluding hydrogens is 395 g/mol. The highest BCUT2D eigenvalue weighted by Gasteiger charge is 2.50. The molecule has 2 heterocycles. The van der Waals surface area contributed by atoms with E-state index in [9.17, 15) is 14.0 Å². The van der Waals surface area contributed by atoms with Crippen molar-refractivity contribution >= 4 is 17.5 Å². The number of aryl methyl sites for hydroxylation is 1. The Morgan fingerprint density at radius 3 is 2.48 bits per heavy atom. The van der Waals surface area contributed by atoms with Crippen LogP contribution in [0.3, 0.4) is 0 Å². The Labute approximate surface area is 182 Å². The van der Waals surface area contributed by atoms with Gasteiger partial charge >= 0.3 is 0 Å². The van der Waals surface area contributed by atoms with Crippen molar-refractivity contribution in [2.75, 3.05) is 37.7 Å². The summed E-state index contributed by atoms with van der Waals surface area (Å²) >= 11 is 0. The van der Waals surface area contributed by atoms with Crippen LogP contribution in [0, 0.1) is 5.82 Å². The highest BCUT2D eigenvalue weighted by Crippen LogP contribution is 2.35. The van der Waals surface area contributed by atoms with Gasteiger partial charge in [-0.15, -0.1) is 0 Å². The first-order valence-corrected chi connectivity index (χ1v) is 10.9. The first-order valence-electron chi connectivity index (χ1n) is 10.9.